The number of hydrogen-bond donors (Lipinski definition) is 1. The number of unbranched alkanes of at least 4 members (excludes halogenated alkanes) is 1. The molecule has 1 atom stereocenters. The molecule has 0 radical (unpaired) electrons. The number of carbonyl (C=O) groups excluding carboxylic acids is 2. The van der Waals surface area contributed by atoms with E-state index in [4.69, 9.17) is 9.47 Å². The predicted octanol–water partition coefficient (Wildman–Crippen LogP) is 2.65. The van der Waals surface area contributed by atoms with E-state index < -0.39 is 28.8 Å². The van der Waals surface area contributed by atoms with Gasteiger partial charge in [0, 0.05) is 6.42 Å². The van der Waals surface area contributed by atoms with E-state index >= 15 is 0 Å². The summed E-state index contributed by atoms with van der Waals surface area (Å²) in [5.41, 5.74) is 0.164. The van der Waals surface area contributed by atoms with E-state index in [2.05, 4.69) is 10.2 Å². The molecule has 1 aromatic carbocycles. The molecule has 0 fully saturated rings. The number of nitrogens with one attached hydrogen (secondary N) is 1. The minimum absolute atomic E-state index is 0.0614. The molecule has 0 aromatic heterocycles. The molecule has 0 bridgehead atoms. The quantitative estimate of drug-likeness (QED) is 0.286. The average molecular weight is 382 g/mol. The number of hydrogen-bond acceptors (Lipinski definition) is 7. The molecule has 1 rings (SSSR count). The summed E-state index contributed by atoms with van der Waals surface area (Å²) in [5, 5.41) is 11.7. The van der Waals surface area contributed by atoms with Crippen molar-refractivity contribution in [2.45, 2.75) is 51.7 Å². The highest BCUT2D eigenvalue weighted by Crippen LogP contribution is 2.09. The normalized spacial score (nSPS) is 12.0. The van der Waals surface area contributed by atoms with Crippen LogP contribution in [0, 0.1) is 10.1 Å². The van der Waals surface area contributed by atoms with Gasteiger partial charge in [0.2, 0.25) is 0 Å². The molecule has 27 heavy (non-hydrogen) atoms. The third-order valence-corrected chi connectivity index (χ3v) is 3.24. The number of rotatable bonds is 10. The van der Waals surface area contributed by atoms with Crippen molar-refractivity contribution >= 4 is 12.1 Å². The zero-order valence-corrected chi connectivity index (χ0v) is 15.8. The largest absolute Gasteiger partial charge is 0.464 e. The van der Waals surface area contributed by atoms with Crippen molar-refractivity contribution in [3.05, 3.63) is 46.0 Å². The van der Waals surface area contributed by atoms with Gasteiger partial charge in [-0.1, -0.05) is 30.3 Å². The minimum Gasteiger partial charge on any atom is -0.464 e. The molecule has 0 saturated heterocycles. The summed E-state index contributed by atoms with van der Waals surface area (Å²) in [6, 6.07) is 8.29. The lowest BCUT2D eigenvalue weighted by atomic mass is 10.1. The van der Waals surface area contributed by atoms with E-state index in [9.17, 15) is 19.7 Å². The number of benzene rings is 1. The molecule has 1 amide bonds. The van der Waals surface area contributed by atoms with Crippen molar-refractivity contribution in [1.82, 2.24) is 5.32 Å². The zero-order valence-electron chi connectivity index (χ0n) is 15.8. The highest BCUT2D eigenvalue weighted by Gasteiger charge is 2.25. The van der Waals surface area contributed by atoms with Gasteiger partial charge in [0.25, 0.3) is 5.09 Å². The third-order valence-electron chi connectivity index (χ3n) is 3.24. The van der Waals surface area contributed by atoms with Crippen LogP contribution in [0.1, 0.15) is 39.2 Å². The highest BCUT2D eigenvalue weighted by atomic mass is 16.9. The molecule has 9 nitrogen and oxygen atoms in total. The van der Waals surface area contributed by atoms with Gasteiger partial charge in [0.15, 0.2) is 0 Å². The number of nitrogens with zero attached hydrogens (tertiary/aromatic N) is 1. The van der Waals surface area contributed by atoms with Gasteiger partial charge in [-0.25, -0.2) is 9.59 Å². The molecule has 1 aromatic rings. The summed E-state index contributed by atoms with van der Waals surface area (Å²) in [7, 11) is 0. The Bertz CT molecular complexity index is 614. The SMILES string of the molecule is CC(C)(C)OC(=O)N[C@@H](Cc1ccccc1)C(=O)OCCCCO[N+](=O)[O-]. The molecule has 9 heteroatoms. The minimum atomic E-state index is -0.905. The summed E-state index contributed by atoms with van der Waals surface area (Å²) in [6.07, 6.45) is 0.324. The maximum Gasteiger partial charge on any atom is 0.408 e. The van der Waals surface area contributed by atoms with Gasteiger partial charge < -0.3 is 19.6 Å². The maximum absolute atomic E-state index is 12.4. The van der Waals surface area contributed by atoms with Crippen LogP contribution in [0.25, 0.3) is 0 Å². The fraction of sp³-hybridized carbons (Fsp3) is 0.556. The number of alkyl carbamates (subject to hydrolysis) is 1. The molecule has 0 aliphatic rings. The molecule has 0 saturated carbocycles. The van der Waals surface area contributed by atoms with Gasteiger partial charge in [-0.15, -0.1) is 10.1 Å². The Morgan fingerprint density at radius 1 is 1.15 bits per heavy atom. The topological polar surface area (TPSA) is 117 Å². The van der Waals surface area contributed by atoms with Crippen molar-refractivity contribution in [2.75, 3.05) is 13.2 Å². The number of carbonyl (C=O) groups is 2. The lowest BCUT2D eigenvalue weighted by Gasteiger charge is -2.23. The Balaban J connectivity index is 2.57. The Morgan fingerprint density at radius 3 is 2.37 bits per heavy atom. The fourth-order valence-electron chi connectivity index (χ4n) is 2.11. The molecule has 0 aliphatic carbocycles. The van der Waals surface area contributed by atoms with Gasteiger partial charge in [-0.05, 0) is 39.2 Å². The van der Waals surface area contributed by atoms with E-state index in [1.54, 1.807) is 20.8 Å². The van der Waals surface area contributed by atoms with Gasteiger partial charge in [-0.3, -0.25) is 0 Å². The van der Waals surface area contributed by atoms with Crippen LogP contribution in [0.2, 0.25) is 0 Å². The predicted molar refractivity (Wildman–Crippen MR) is 96.4 cm³/mol. The summed E-state index contributed by atoms with van der Waals surface area (Å²) < 4.78 is 10.4. The molecule has 0 spiro atoms. The molecular formula is C18H26N2O7. The van der Waals surface area contributed by atoms with Crippen molar-refractivity contribution in [3.8, 4) is 0 Å². The van der Waals surface area contributed by atoms with Crippen LogP contribution < -0.4 is 5.32 Å². The van der Waals surface area contributed by atoms with Crippen LogP contribution >= 0.6 is 0 Å². The lowest BCUT2D eigenvalue weighted by Crippen LogP contribution is -2.45. The second-order valence-corrected chi connectivity index (χ2v) is 6.82. The van der Waals surface area contributed by atoms with Gasteiger partial charge in [0.05, 0.1) is 13.2 Å². The summed E-state index contributed by atoms with van der Waals surface area (Å²) in [4.78, 5) is 38.6. The smallest absolute Gasteiger partial charge is 0.408 e. The molecule has 0 aliphatic heterocycles. The van der Waals surface area contributed by atoms with E-state index in [0.717, 1.165) is 5.56 Å². The summed E-state index contributed by atoms with van der Waals surface area (Å²) >= 11 is 0. The van der Waals surface area contributed by atoms with Crippen molar-refractivity contribution < 1.29 is 29.0 Å². The van der Waals surface area contributed by atoms with Crippen molar-refractivity contribution in [2.24, 2.45) is 0 Å². The van der Waals surface area contributed by atoms with Gasteiger partial charge >= 0.3 is 12.1 Å². The second kappa shape index (κ2) is 11.0. The van der Waals surface area contributed by atoms with Crippen LogP contribution in [0.5, 0.6) is 0 Å². The van der Waals surface area contributed by atoms with Crippen molar-refractivity contribution in [1.29, 1.82) is 0 Å². The lowest BCUT2D eigenvalue weighted by molar-refractivity contribution is -0.757. The standard InChI is InChI=1S/C18H26N2O7/c1-18(2,3)27-17(22)19-15(13-14-9-5-4-6-10-14)16(21)25-11-7-8-12-26-20(23)24/h4-6,9-10,15H,7-8,11-13H2,1-3H3,(H,19,22)/t15-/m0/s1. The van der Waals surface area contributed by atoms with Crippen molar-refractivity contribution in [3.63, 3.8) is 0 Å². The van der Waals surface area contributed by atoms with Crippen LogP contribution in [0.3, 0.4) is 0 Å². The number of amides is 1. The van der Waals surface area contributed by atoms with Crippen LogP contribution in [-0.4, -0.2) is 42.0 Å². The average Bonchev–Trinajstić information content (AvgIpc) is 2.56. The number of ether oxygens (including phenoxy) is 2. The number of esters is 1. The maximum atomic E-state index is 12.4. The van der Waals surface area contributed by atoms with E-state index in [1.807, 2.05) is 30.3 Å². The second-order valence-electron chi connectivity index (χ2n) is 6.82. The first kappa shape index (κ1) is 22.2. The van der Waals surface area contributed by atoms with Crippen LogP contribution in [0.15, 0.2) is 30.3 Å². The molecule has 0 unspecified atom stereocenters. The van der Waals surface area contributed by atoms with Crippen LogP contribution in [0.4, 0.5) is 4.79 Å². The van der Waals surface area contributed by atoms with E-state index in [0.29, 0.717) is 12.8 Å². The van der Waals surface area contributed by atoms with Gasteiger partial charge in [-0.2, -0.15) is 0 Å². The van der Waals surface area contributed by atoms with Crippen LogP contribution in [-0.2, 0) is 25.5 Å². The highest BCUT2D eigenvalue weighted by molar-refractivity contribution is 5.81. The first-order valence-corrected chi connectivity index (χ1v) is 8.65. The molecular weight excluding hydrogens is 356 g/mol. The fourth-order valence-corrected chi connectivity index (χ4v) is 2.11. The Labute approximate surface area is 158 Å². The first-order valence-electron chi connectivity index (χ1n) is 8.65. The molecule has 0 heterocycles. The monoisotopic (exact) mass is 382 g/mol. The summed E-state index contributed by atoms with van der Waals surface area (Å²) in [5.74, 6) is -0.597. The molecule has 1 N–H and O–H groups in total. The van der Waals surface area contributed by atoms with E-state index in [-0.39, 0.29) is 19.6 Å². The van der Waals surface area contributed by atoms with Gasteiger partial charge in [0.1, 0.15) is 11.6 Å². The Morgan fingerprint density at radius 2 is 1.78 bits per heavy atom. The molecule has 150 valence electrons. The van der Waals surface area contributed by atoms with E-state index in [1.165, 1.54) is 0 Å². The summed E-state index contributed by atoms with van der Waals surface area (Å²) in [6.45, 7) is 5.19. The first-order chi connectivity index (χ1) is 12.7. The zero-order chi connectivity index (χ0) is 20.3. The Hall–Kier alpha value is -2.84. The third kappa shape index (κ3) is 10.7. The Kier molecular flexibility index (Phi) is 9.04.